The summed E-state index contributed by atoms with van der Waals surface area (Å²) in [6, 6.07) is 6.05. The number of esters is 1. The van der Waals surface area contributed by atoms with Crippen molar-refractivity contribution in [3.63, 3.8) is 0 Å². The molecule has 2 rings (SSSR count). The smallest absolute Gasteiger partial charge is 0.328 e. The average Bonchev–Trinajstić information content (AvgIpc) is 2.61. The van der Waals surface area contributed by atoms with Gasteiger partial charge in [-0.2, -0.15) is 0 Å². The van der Waals surface area contributed by atoms with Crippen LogP contribution in [0.15, 0.2) is 24.3 Å². The first-order chi connectivity index (χ1) is 8.07. The Morgan fingerprint density at radius 2 is 1.94 bits per heavy atom. The molecule has 0 saturated carbocycles. The van der Waals surface area contributed by atoms with Crippen molar-refractivity contribution in [1.82, 2.24) is 4.90 Å². The van der Waals surface area contributed by atoms with Crippen LogP contribution in [0.25, 0.3) is 0 Å². The Labute approximate surface area is 98.5 Å². The number of carbonyl (C=O) groups is 2. The molecule has 0 spiro atoms. The minimum absolute atomic E-state index is 0.0449. The van der Waals surface area contributed by atoms with Gasteiger partial charge in [0, 0.05) is 5.56 Å². The van der Waals surface area contributed by atoms with Crippen molar-refractivity contribution in [1.29, 1.82) is 5.41 Å². The molecule has 0 saturated heterocycles. The number of ether oxygens (including phenoxy) is 1. The molecule has 1 heterocycles. The number of hydrogen-bond acceptors (Lipinski definition) is 4. The molecule has 0 aliphatic carbocycles. The second-order valence-electron chi connectivity index (χ2n) is 3.77. The number of nitrogens with zero attached hydrogens (tertiary/aromatic N) is 1. The lowest BCUT2D eigenvalue weighted by Gasteiger charge is -2.21. The molecule has 0 bridgehead atoms. The molecular weight excluding hydrogens is 220 g/mol. The maximum atomic E-state index is 12.0. The van der Waals surface area contributed by atoms with Crippen molar-refractivity contribution < 1.29 is 14.3 Å². The van der Waals surface area contributed by atoms with Crippen LogP contribution in [0.3, 0.4) is 0 Å². The molecule has 1 aromatic rings. The third-order valence-electron chi connectivity index (χ3n) is 2.80. The molecule has 1 aliphatic rings. The Morgan fingerprint density at radius 3 is 2.47 bits per heavy atom. The zero-order valence-electron chi connectivity index (χ0n) is 9.56. The molecule has 5 nitrogen and oxygen atoms in total. The van der Waals surface area contributed by atoms with Crippen molar-refractivity contribution >= 4 is 17.7 Å². The zero-order chi connectivity index (χ0) is 12.6. The second-order valence-corrected chi connectivity index (χ2v) is 3.77. The van der Waals surface area contributed by atoms with Gasteiger partial charge >= 0.3 is 5.97 Å². The van der Waals surface area contributed by atoms with Gasteiger partial charge in [0.05, 0.1) is 12.7 Å². The number of hydrogen-bond donors (Lipinski definition) is 1. The normalized spacial score (nSPS) is 15.8. The van der Waals surface area contributed by atoms with Gasteiger partial charge in [-0.05, 0) is 13.0 Å². The second kappa shape index (κ2) is 4.01. The molecule has 88 valence electrons. The fourth-order valence-electron chi connectivity index (χ4n) is 1.88. The predicted octanol–water partition coefficient (Wildman–Crippen LogP) is 1.03. The molecule has 1 amide bonds. The van der Waals surface area contributed by atoms with Gasteiger partial charge in [-0.1, -0.05) is 18.2 Å². The highest BCUT2D eigenvalue weighted by molar-refractivity contribution is 6.23. The van der Waals surface area contributed by atoms with Crippen molar-refractivity contribution in [2.24, 2.45) is 0 Å². The van der Waals surface area contributed by atoms with E-state index >= 15 is 0 Å². The first-order valence-corrected chi connectivity index (χ1v) is 5.17. The summed E-state index contributed by atoms with van der Waals surface area (Å²) >= 11 is 0. The van der Waals surface area contributed by atoms with Crippen LogP contribution in [-0.4, -0.2) is 35.8 Å². The number of methoxy groups -OCH3 is 1. The number of nitrogens with one attached hydrogen (secondary N) is 1. The lowest BCUT2D eigenvalue weighted by atomic mass is 10.1. The summed E-state index contributed by atoms with van der Waals surface area (Å²) < 4.78 is 4.59. The van der Waals surface area contributed by atoms with Crippen LogP contribution in [-0.2, 0) is 9.53 Å². The monoisotopic (exact) mass is 232 g/mol. The van der Waals surface area contributed by atoms with E-state index in [-0.39, 0.29) is 11.7 Å². The Kier molecular flexibility index (Phi) is 2.67. The highest BCUT2D eigenvalue weighted by atomic mass is 16.5. The summed E-state index contributed by atoms with van der Waals surface area (Å²) in [5.41, 5.74) is 1.00. The van der Waals surface area contributed by atoms with Crippen LogP contribution in [0.4, 0.5) is 0 Å². The van der Waals surface area contributed by atoms with Crippen molar-refractivity contribution in [2.75, 3.05) is 7.11 Å². The van der Waals surface area contributed by atoms with Crippen molar-refractivity contribution in [3.05, 3.63) is 35.4 Å². The van der Waals surface area contributed by atoms with E-state index in [1.807, 2.05) is 0 Å². The number of rotatable bonds is 2. The van der Waals surface area contributed by atoms with Crippen molar-refractivity contribution in [3.8, 4) is 0 Å². The third-order valence-corrected chi connectivity index (χ3v) is 2.80. The number of amides is 1. The van der Waals surface area contributed by atoms with Gasteiger partial charge in [-0.15, -0.1) is 0 Å². The topological polar surface area (TPSA) is 70.5 Å². The van der Waals surface area contributed by atoms with Gasteiger partial charge in [0.15, 0.2) is 0 Å². The summed E-state index contributed by atoms with van der Waals surface area (Å²) in [4.78, 5) is 24.6. The Balaban J connectivity index is 2.40. The van der Waals surface area contributed by atoms with Crippen molar-refractivity contribution in [2.45, 2.75) is 13.0 Å². The summed E-state index contributed by atoms with van der Waals surface area (Å²) in [6.45, 7) is 1.55. The van der Waals surface area contributed by atoms with Gasteiger partial charge in [0.1, 0.15) is 11.9 Å². The number of fused-ring (bicyclic) bond motifs is 1. The molecule has 5 heteroatoms. The molecule has 0 aromatic heterocycles. The van der Waals surface area contributed by atoms with Gasteiger partial charge in [0.2, 0.25) is 0 Å². The van der Waals surface area contributed by atoms with Crippen LogP contribution in [0.5, 0.6) is 0 Å². The van der Waals surface area contributed by atoms with E-state index in [2.05, 4.69) is 4.74 Å². The first kappa shape index (κ1) is 11.3. The molecule has 0 unspecified atom stereocenters. The standard InChI is InChI=1S/C12H12N2O3/c1-7(12(16)17-2)14-10(13)8-5-3-4-6-9(8)11(14)15/h3-7,13H,1-2H3/t7-/m0/s1. The summed E-state index contributed by atoms with van der Waals surface area (Å²) in [7, 11) is 1.26. The molecule has 1 N–H and O–H groups in total. The minimum Gasteiger partial charge on any atom is -0.467 e. The van der Waals surface area contributed by atoms with Crippen LogP contribution in [0.2, 0.25) is 0 Å². The fourth-order valence-corrected chi connectivity index (χ4v) is 1.88. The van der Waals surface area contributed by atoms with Crippen LogP contribution >= 0.6 is 0 Å². The van der Waals surface area contributed by atoms with E-state index in [1.54, 1.807) is 31.2 Å². The number of benzene rings is 1. The lowest BCUT2D eigenvalue weighted by molar-refractivity contribution is -0.144. The Bertz CT molecular complexity index is 475. The minimum atomic E-state index is -0.785. The lowest BCUT2D eigenvalue weighted by Crippen LogP contribution is -2.43. The molecule has 17 heavy (non-hydrogen) atoms. The predicted molar refractivity (Wildman–Crippen MR) is 60.9 cm³/mol. The van der Waals surface area contributed by atoms with E-state index in [0.717, 1.165) is 4.90 Å². The maximum absolute atomic E-state index is 12.0. The van der Waals surface area contributed by atoms with E-state index in [0.29, 0.717) is 11.1 Å². The quantitative estimate of drug-likeness (QED) is 0.774. The summed E-state index contributed by atoms with van der Waals surface area (Å²) in [6.07, 6.45) is 0. The number of amidine groups is 1. The molecule has 0 fully saturated rings. The maximum Gasteiger partial charge on any atom is 0.328 e. The number of carbonyl (C=O) groups excluding carboxylic acids is 2. The van der Waals surface area contributed by atoms with E-state index in [4.69, 9.17) is 5.41 Å². The van der Waals surface area contributed by atoms with Crippen LogP contribution in [0.1, 0.15) is 22.8 Å². The Hall–Kier alpha value is -2.17. The van der Waals surface area contributed by atoms with E-state index in [9.17, 15) is 9.59 Å². The van der Waals surface area contributed by atoms with Gasteiger partial charge < -0.3 is 4.74 Å². The van der Waals surface area contributed by atoms with Gasteiger partial charge in [-0.25, -0.2) is 4.79 Å². The molecule has 1 aromatic carbocycles. The van der Waals surface area contributed by atoms with E-state index < -0.39 is 12.0 Å². The largest absolute Gasteiger partial charge is 0.467 e. The van der Waals surface area contributed by atoms with E-state index in [1.165, 1.54) is 7.11 Å². The van der Waals surface area contributed by atoms with Gasteiger partial charge in [0.25, 0.3) is 5.91 Å². The van der Waals surface area contributed by atoms with Crippen LogP contribution in [0, 0.1) is 5.41 Å². The highest BCUT2D eigenvalue weighted by Gasteiger charge is 2.38. The Morgan fingerprint density at radius 1 is 1.35 bits per heavy atom. The molecule has 1 aliphatic heterocycles. The molecule has 1 atom stereocenters. The molecule has 0 radical (unpaired) electrons. The summed E-state index contributed by atoms with van der Waals surface area (Å²) in [5, 5.41) is 7.91. The first-order valence-electron chi connectivity index (χ1n) is 5.17. The third kappa shape index (κ3) is 1.60. The SMILES string of the molecule is COC(=O)[C@H](C)N1C(=N)c2ccccc2C1=O. The fraction of sp³-hybridized carbons (Fsp3) is 0.250. The van der Waals surface area contributed by atoms with Crippen LogP contribution < -0.4 is 0 Å². The highest BCUT2D eigenvalue weighted by Crippen LogP contribution is 2.24. The van der Waals surface area contributed by atoms with Gasteiger partial charge in [-0.3, -0.25) is 15.1 Å². The average molecular weight is 232 g/mol. The molecular formula is C12H12N2O3. The summed E-state index contributed by atoms with van der Waals surface area (Å²) in [5.74, 6) is -0.817. The zero-order valence-corrected chi connectivity index (χ0v) is 9.56.